The molecule has 0 aliphatic rings. The van der Waals surface area contributed by atoms with Crippen LogP contribution in [0.1, 0.15) is 23.2 Å². The second-order valence-corrected chi connectivity index (χ2v) is 4.87. The van der Waals surface area contributed by atoms with Crippen LogP contribution in [0.5, 0.6) is 6.01 Å². The molecule has 0 atom stereocenters. The lowest BCUT2D eigenvalue weighted by Gasteiger charge is -2.03. The first-order valence-electron chi connectivity index (χ1n) is 7.00. The SMILES string of the molecule is OCc1cnc(OCc2cn(-c3cccc(C(F)F)c3)nn2)nc1. The topological polar surface area (TPSA) is 86.0 Å². The van der Waals surface area contributed by atoms with E-state index in [-0.39, 0.29) is 24.8 Å². The molecule has 1 N–H and O–H groups in total. The summed E-state index contributed by atoms with van der Waals surface area (Å²) in [5.41, 5.74) is 1.47. The number of hydrogen-bond acceptors (Lipinski definition) is 6. The van der Waals surface area contributed by atoms with Gasteiger partial charge in [-0.05, 0) is 12.1 Å². The van der Waals surface area contributed by atoms with Crippen molar-refractivity contribution in [1.29, 1.82) is 0 Å². The van der Waals surface area contributed by atoms with Gasteiger partial charge in [-0.15, -0.1) is 5.10 Å². The van der Waals surface area contributed by atoms with E-state index in [1.165, 1.54) is 35.3 Å². The van der Waals surface area contributed by atoms with Gasteiger partial charge in [0.1, 0.15) is 12.3 Å². The number of aliphatic hydroxyl groups excluding tert-OH is 1. The average Bonchev–Trinajstić information content (AvgIpc) is 3.09. The number of benzene rings is 1. The number of hydrogen-bond donors (Lipinski definition) is 1. The summed E-state index contributed by atoms with van der Waals surface area (Å²) >= 11 is 0. The van der Waals surface area contributed by atoms with Gasteiger partial charge in [0.05, 0.1) is 18.5 Å². The Morgan fingerprint density at radius 3 is 2.71 bits per heavy atom. The molecule has 9 heteroatoms. The lowest BCUT2D eigenvalue weighted by atomic mass is 10.2. The highest BCUT2D eigenvalue weighted by atomic mass is 19.3. The van der Waals surface area contributed by atoms with E-state index in [0.717, 1.165) is 0 Å². The summed E-state index contributed by atoms with van der Waals surface area (Å²) in [4.78, 5) is 7.86. The van der Waals surface area contributed by atoms with Gasteiger partial charge in [0.15, 0.2) is 0 Å². The monoisotopic (exact) mass is 333 g/mol. The number of rotatable bonds is 6. The molecule has 0 bridgehead atoms. The zero-order valence-corrected chi connectivity index (χ0v) is 12.4. The van der Waals surface area contributed by atoms with Crippen LogP contribution in [-0.2, 0) is 13.2 Å². The maximum absolute atomic E-state index is 12.7. The predicted molar refractivity (Wildman–Crippen MR) is 78.6 cm³/mol. The number of nitrogens with zero attached hydrogens (tertiary/aromatic N) is 5. The molecule has 24 heavy (non-hydrogen) atoms. The van der Waals surface area contributed by atoms with Gasteiger partial charge in [0, 0.05) is 23.5 Å². The molecule has 3 aromatic rings. The van der Waals surface area contributed by atoms with Gasteiger partial charge < -0.3 is 9.84 Å². The Balaban J connectivity index is 1.68. The Labute approximate surface area is 135 Å². The van der Waals surface area contributed by atoms with Crippen molar-refractivity contribution in [1.82, 2.24) is 25.0 Å². The molecular formula is C15H13F2N5O2. The van der Waals surface area contributed by atoms with E-state index in [4.69, 9.17) is 9.84 Å². The van der Waals surface area contributed by atoms with Crippen LogP contribution in [-0.4, -0.2) is 30.1 Å². The lowest BCUT2D eigenvalue weighted by molar-refractivity contribution is 0.151. The van der Waals surface area contributed by atoms with E-state index < -0.39 is 6.43 Å². The first-order valence-corrected chi connectivity index (χ1v) is 7.00. The fraction of sp³-hybridized carbons (Fsp3) is 0.200. The largest absolute Gasteiger partial charge is 0.457 e. The minimum Gasteiger partial charge on any atom is -0.457 e. The van der Waals surface area contributed by atoms with Gasteiger partial charge in [-0.1, -0.05) is 17.3 Å². The Bertz CT molecular complexity index is 808. The van der Waals surface area contributed by atoms with Gasteiger partial charge in [-0.25, -0.2) is 23.4 Å². The van der Waals surface area contributed by atoms with Crippen molar-refractivity contribution < 1.29 is 18.6 Å². The van der Waals surface area contributed by atoms with Crippen molar-refractivity contribution in [2.24, 2.45) is 0 Å². The van der Waals surface area contributed by atoms with Gasteiger partial charge in [-0.2, -0.15) is 0 Å². The van der Waals surface area contributed by atoms with Crippen LogP contribution < -0.4 is 4.74 Å². The molecule has 7 nitrogen and oxygen atoms in total. The third kappa shape index (κ3) is 3.69. The summed E-state index contributed by atoms with van der Waals surface area (Å²) < 4.78 is 32.2. The third-order valence-electron chi connectivity index (χ3n) is 3.14. The van der Waals surface area contributed by atoms with Gasteiger partial charge in [0.2, 0.25) is 0 Å². The standard InChI is InChI=1S/C15H13F2N5O2/c16-14(17)11-2-1-3-13(4-11)22-7-12(20-21-22)9-24-15-18-5-10(8-23)6-19-15/h1-7,14,23H,8-9H2. The van der Waals surface area contributed by atoms with Crippen molar-refractivity contribution in [3.05, 3.63) is 59.7 Å². The highest BCUT2D eigenvalue weighted by Crippen LogP contribution is 2.21. The predicted octanol–water partition coefficient (Wildman–Crippen LogP) is 2.07. The van der Waals surface area contributed by atoms with Crippen LogP contribution in [0.4, 0.5) is 8.78 Å². The Kier molecular flexibility index (Phi) is 4.71. The van der Waals surface area contributed by atoms with Gasteiger partial charge >= 0.3 is 6.01 Å². The summed E-state index contributed by atoms with van der Waals surface area (Å²) in [6.45, 7) is -0.0701. The first-order chi connectivity index (χ1) is 11.7. The third-order valence-corrected chi connectivity index (χ3v) is 3.14. The summed E-state index contributed by atoms with van der Waals surface area (Å²) in [6, 6.07) is 6.03. The van der Waals surface area contributed by atoms with E-state index in [1.54, 1.807) is 12.3 Å². The fourth-order valence-corrected chi connectivity index (χ4v) is 1.93. The number of alkyl halides is 2. The van der Waals surface area contributed by atoms with Crippen LogP contribution in [0.15, 0.2) is 42.9 Å². The van der Waals surface area contributed by atoms with E-state index in [0.29, 0.717) is 16.9 Å². The number of aliphatic hydroxyl groups is 1. The summed E-state index contributed by atoms with van der Waals surface area (Å²) in [5, 5.41) is 16.7. The zero-order valence-electron chi connectivity index (χ0n) is 12.4. The van der Waals surface area contributed by atoms with E-state index >= 15 is 0 Å². The lowest BCUT2D eigenvalue weighted by Crippen LogP contribution is -2.00. The van der Waals surface area contributed by atoms with E-state index in [2.05, 4.69) is 20.3 Å². The molecule has 0 saturated heterocycles. The van der Waals surface area contributed by atoms with E-state index in [1.807, 2.05) is 0 Å². The smallest absolute Gasteiger partial charge is 0.316 e. The Hall–Kier alpha value is -2.94. The molecule has 0 saturated carbocycles. The van der Waals surface area contributed by atoms with Crippen molar-refractivity contribution in [2.75, 3.05) is 0 Å². The minimum atomic E-state index is -2.55. The molecule has 2 heterocycles. The van der Waals surface area contributed by atoms with Crippen molar-refractivity contribution in [3.63, 3.8) is 0 Å². The summed E-state index contributed by atoms with van der Waals surface area (Å²) in [5.74, 6) is 0. The zero-order chi connectivity index (χ0) is 16.9. The number of aromatic nitrogens is 5. The summed E-state index contributed by atoms with van der Waals surface area (Å²) in [7, 11) is 0. The van der Waals surface area contributed by atoms with Crippen LogP contribution in [0.25, 0.3) is 5.69 Å². The molecule has 2 aromatic heterocycles. The number of ether oxygens (including phenoxy) is 1. The molecule has 0 amide bonds. The van der Waals surface area contributed by atoms with Crippen LogP contribution in [0.3, 0.4) is 0 Å². The highest BCUT2D eigenvalue weighted by molar-refractivity contribution is 5.35. The molecule has 124 valence electrons. The van der Waals surface area contributed by atoms with Crippen molar-refractivity contribution in [3.8, 4) is 11.7 Å². The first kappa shape index (κ1) is 15.9. The molecule has 3 rings (SSSR count). The molecular weight excluding hydrogens is 320 g/mol. The van der Waals surface area contributed by atoms with Crippen molar-refractivity contribution >= 4 is 0 Å². The van der Waals surface area contributed by atoms with Crippen LogP contribution in [0.2, 0.25) is 0 Å². The summed E-state index contributed by atoms with van der Waals surface area (Å²) in [6.07, 6.45) is 1.94. The molecule has 0 aliphatic heterocycles. The Morgan fingerprint density at radius 2 is 2.00 bits per heavy atom. The van der Waals surface area contributed by atoms with Gasteiger partial charge in [-0.3, -0.25) is 0 Å². The fourth-order valence-electron chi connectivity index (χ4n) is 1.93. The number of halogens is 2. The Morgan fingerprint density at radius 1 is 1.21 bits per heavy atom. The van der Waals surface area contributed by atoms with E-state index in [9.17, 15) is 8.78 Å². The second kappa shape index (κ2) is 7.09. The maximum atomic E-state index is 12.7. The molecule has 0 unspecified atom stereocenters. The highest BCUT2D eigenvalue weighted by Gasteiger charge is 2.10. The second-order valence-electron chi connectivity index (χ2n) is 4.87. The van der Waals surface area contributed by atoms with Gasteiger partial charge in [0.25, 0.3) is 6.43 Å². The molecule has 0 fully saturated rings. The minimum absolute atomic E-state index is 0.0764. The normalized spacial score (nSPS) is 11.0. The molecule has 0 spiro atoms. The van der Waals surface area contributed by atoms with Crippen molar-refractivity contribution in [2.45, 2.75) is 19.6 Å². The maximum Gasteiger partial charge on any atom is 0.316 e. The van der Waals surface area contributed by atoms with Crippen LogP contribution >= 0.6 is 0 Å². The quantitative estimate of drug-likeness (QED) is 0.743. The average molecular weight is 333 g/mol. The van der Waals surface area contributed by atoms with Crippen LogP contribution in [0, 0.1) is 0 Å². The molecule has 0 aliphatic carbocycles. The molecule has 1 aromatic carbocycles. The molecule has 0 radical (unpaired) electrons.